The molecule has 2 aromatic carbocycles. The predicted molar refractivity (Wildman–Crippen MR) is 134 cm³/mol. The normalized spacial score (nSPS) is 26.3. The number of amides is 2. The van der Waals surface area contributed by atoms with Crippen LogP contribution >= 0.6 is 0 Å². The van der Waals surface area contributed by atoms with Crippen LogP contribution in [0, 0.1) is 23.2 Å². The molecule has 6 nitrogen and oxygen atoms in total. The van der Waals surface area contributed by atoms with E-state index in [0.717, 1.165) is 48.1 Å². The first kappa shape index (κ1) is 23.7. The van der Waals surface area contributed by atoms with Crippen molar-refractivity contribution in [3.8, 4) is 11.5 Å². The lowest BCUT2D eigenvalue weighted by atomic mass is 9.49. The van der Waals surface area contributed by atoms with E-state index in [-0.39, 0.29) is 17.2 Å². The summed E-state index contributed by atoms with van der Waals surface area (Å²) in [5.41, 5.74) is 2.42. The molecular weight excluding hydrogens is 440 g/mol. The Balaban J connectivity index is 1.17. The summed E-state index contributed by atoms with van der Waals surface area (Å²) in [5.74, 6) is 3.85. The fourth-order valence-corrected chi connectivity index (χ4v) is 7.05. The Hall–Kier alpha value is -3.02. The molecule has 0 spiro atoms. The third-order valence-electron chi connectivity index (χ3n) is 8.42. The Morgan fingerprint density at radius 2 is 1.57 bits per heavy atom. The molecule has 6 heteroatoms. The second kappa shape index (κ2) is 9.56. The maximum atomic E-state index is 13.2. The minimum absolute atomic E-state index is 0.0629. The quantitative estimate of drug-likeness (QED) is 0.594. The van der Waals surface area contributed by atoms with Crippen LogP contribution in [0.3, 0.4) is 0 Å². The molecule has 1 N–H and O–H groups in total. The molecule has 35 heavy (non-hydrogen) atoms. The fourth-order valence-electron chi connectivity index (χ4n) is 7.05. The van der Waals surface area contributed by atoms with Crippen LogP contribution in [0.5, 0.6) is 11.5 Å². The SMILES string of the molecule is COc1ccc(CN(C)C(=O)c2ccc(CNC(=O)C34CC5CC(CC(C5)C3)C4)cc2)c(OC)c1. The Morgan fingerprint density at radius 3 is 2.14 bits per heavy atom. The Kier molecular flexibility index (Phi) is 6.47. The van der Waals surface area contributed by atoms with Gasteiger partial charge >= 0.3 is 0 Å². The number of nitrogens with zero attached hydrogens (tertiary/aromatic N) is 1. The number of ether oxygens (including phenoxy) is 2. The Bertz CT molecular complexity index is 1060. The van der Waals surface area contributed by atoms with Crippen molar-refractivity contribution in [3.63, 3.8) is 0 Å². The number of carbonyl (C=O) groups is 2. The van der Waals surface area contributed by atoms with Gasteiger partial charge in [-0.25, -0.2) is 0 Å². The zero-order chi connectivity index (χ0) is 24.6. The highest BCUT2D eigenvalue weighted by atomic mass is 16.5. The van der Waals surface area contributed by atoms with Crippen molar-refractivity contribution < 1.29 is 19.1 Å². The van der Waals surface area contributed by atoms with Gasteiger partial charge in [-0.3, -0.25) is 9.59 Å². The van der Waals surface area contributed by atoms with Crippen molar-refractivity contribution in [3.05, 3.63) is 59.2 Å². The summed E-state index contributed by atoms with van der Waals surface area (Å²) in [6, 6.07) is 13.2. The molecule has 0 aliphatic heterocycles. The summed E-state index contributed by atoms with van der Waals surface area (Å²) in [5, 5.41) is 3.22. The number of benzene rings is 2. The topological polar surface area (TPSA) is 67.9 Å². The standard InChI is InChI=1S/C29H36N2O4/c1-31(18-24-8-9-25(34-2)13-26(24)35-3)27(32)23-6-4-19(5-7-23)17-30-28(33)29-14-20-10-21(15-29)12-22(11-20)16-29/h4-9,13,20-22H,10-12,14-18H2,1-3H3,(H,30,33). The highest BCUT2D eigenvalue weighted by Gasteiger charge is 2.54. The molecule has 4 fully saturated rings. The summed E-state index contributed by atoms with van der Waals surface area (Å²) in [6.45, 7) is 0.933. The lowest BCUT2D eigenvalue weighted by Crippen LogP contribution is -2.53. The molecule has 0 saturated heterocycles. The van der Waals surface area contributed by atoms with Gasteiger partial charge in [-0.05, 0) is 86.1 Å². The summed E-state index contributed by atoms with van der Waals surface area (Å²) >= 11 is 0. The number of carbonyl (C=O) groups excluding carboxylic acids is 2. The largest absolute Gasteiger partial charge is 0.497 e. The van der Waals surface area contributed by atoms with Gasteiger partial charge in [0.05, 0.1) is 14.2 Å². The number of hydrogen-bond acceptors (Lipinski definition) is 4. The van der Waals surface area contributed by atoms with Crippen LogP contribution in [-0.4, -0.2) is 38.0 Å². The molecule has 0 radical (unpaired) electrons. The van der Waals surface area contributed by atoms with Crippen LogP contribution in [0.15, 0.2) is 42.5 Å². The summed E-state index contributed by atoms with van der Waals surface area (Å²) < 4.78 is 10.7. The van der Waals surface area contributed by atoms with E-state index in [9.17, 15) is 9.59 Å². The molecule has 0 aromatic heterocycles. The van der Waals surface area contributed by atoms with Gasteiger partial charge in [0, 0.05) is 42.7 Å². The van der Waals surface area contributed by atoms with Gasteiger partial charge in [0.15, 0.2) is 0 Å². The number of hydrogen-bond donors (Lipinski definition) is 1. The molecule has 186 valence electrons. The van der Waals surface area contributed by atoms with Crippen molar-refractivity contribution in [2.45, 2.75) is 51.6 Å². The second-order valence-corrected chi connectivity index (χ2v) is 10.9. The molecule has 4 aliphatic rings. The molecule has 2 amide bonds. The molecule has 4 aliphatic carbocycles. The highest BCUT2D eigenvalue weighted by molar-refractivity contribution is 5.94. The average Bonchev–Trinajstić information content (AvgIpc) is 2.86. The lowest BCUT2D eigenvalue weighted by molar-refractivity contribution is -0.146. The van der Waals surface area contributed by atoms with Gasteiger partial charge in [0.2, 0.25) is 5.91 Å². The first-order valence-electron chi connectivity index (χ1n) is 12.7. The van der Waals surface area contributed by atoms with E-state index in [1.165, 1.54) is 19.3 Å². The number of nitrogens with one attached hydrogen (secondary N) is 1. The predicted octanol–water partition coefficient (Wildman–Crippen LogP) is 4.81. The van der Waals surface area contributed by atoms with Gasteiger partial charge in [-0.2, -0.15) is 0 Å². The number of rotatable bonds is 8. The van der Waals surface area contributed by atoms with E-state index in [1.807, 2.05) is 42.5 Å². The van der Waals surface area contributed by atoms with Gasteiger partial charge in [-0.15, -0.1) is 0 Å². The summed E-state index contributed by atoms with van der Waals surface area (Å²) in [6.07, 6.45) is 7.22. The molecular formula is C29H36N2O4. The first-order chi connectivity index (χ1) is 16.9. The van der Waals surface area contributed by atoms with Gasteiger partial charge in [-0.1, -0.05) is 12.1 Å². The van der Waals surface area contributed by atoms with Crippen molar-refractivity contribution in [2.24, 2.45) is 23.2 Å². The van der Waals surface area contributed by atoms with Crippen LogP contribution in [0.25, 0.3) is 0 Å². The van der Waals surface area contributed by atoms with Crippen molar-refractivity contribution in [1.29, 1.82) is 0 Å². The second-order valence-electron chi connectivity index (χ2n) is 10.9. The van der Waals surface area contributed by atoms with Crippen LogP contribution in [0.4, 0.5) is 0 Å². The minimum Gasteiger partial charge on any atom is -0.497 e. The van der Waals surface area contributed by atoms with Crippen molar-refractivity contribution >= 4 is 11.8 Å². The van der Waals surface area contributed by atoms with Gasteiger partial charge in [0.25, 0.3) is 5.91 Å². The van der Waals surface area contributed by atoms with Crippen molar-refractivity contribution in [1.82, 2.24) is 10.2 Å². The molecule has 4 bridgehead atoms. The maximum absolute atomic E-state index is 13.2. The Labute approximate surface area is 208 Å². The molecule has 4 saturated carbocycles. The minimum atomic E-state index is -0.129. The van der Waals surface area contributed by atoms with E-state index in [4.69, 9.17) is 9.47 Å². The number of methoxy groups -OCH3 is 2. The van der Waals surface area contributed by atoms with Crippen LogP contribution in [0.2, 0.25) is 0 Å². The van der Waals surface area contributed by atoms with Crippen molar-refractivity contribution in [2.75, 3.05) is 21.3 Å². The van der Waals surface area contributed by atoms with E-state index >= 15 is 0 Å². The van der Waals surface area contributed by atoms with E-state index in [2.05, 4.69) is 5.32 Å². The zero-order valence-corrected chi connectivity index (χ0v) is 21.0. The summed E-state index contributed by atoms with van der Waals surface area (Å²) in [4.78, 5) is 27.9. The van der Waals surface area contributed by atoms with Crippen LogP contribution in [0.1, 0.15) is 60.0 Å². The molecule has 2 aromatic rings. The van der Waals surface area contributed by atoms with E-state index in [0.29, 0.717) is 30.2 Å². The first-order valence-corrected chi connectivity index (χ1v) is 12.7. The Morgan fingerprint density at radius 1 is 0.943 bits per heavy atom. The van der Waals surface area contributed by atoms with Crippen LogP contribution < -0.4 is 14.8 Å². The van der Waals surface area contributed by atoms with E-state index < -0.39 is 0 Å². The molecule has 6 rings (SSSR count). The smallest absolute Gasteiger partial charge is 0.253 e. The molecule has 0 heterocycles. The monoisotopic (exact) mass is 476 g/mol. The maximum Gasteiger partial charge on any atom is 0.253 e. The third-order valence-corrected chi connectivity index (χ3v) is 8.42. The summed E-state index contributed by atoms with van der Waals surface area (Å²) in [7, 11) is 5.01. The van der Waals surface area contributed by atoms with Gasteiger partial charge in [0.1, 0.15) is 11.5 Å². The average molecular weight is 477 g/mol. The molecule has 0 unspecified atom stereocenters. The van der Waals surface area contributed by atoms with Gasteiger partial charge < -0.3 is 19.7 Å². The zero-order valence-electron chi connectivity index (χ0n) is 21.0. The fraction of sp³-hybridized carbons (Fsp3) is 0.517. The third kappa shape index (κ3) is 4.75. The van der Waals surface area contributed by atoms with E-state index in [1.54, 1.807) is 26.2 Å². The van der Waals surface area contributed by atoms with Crippen LogP contribution in [-0.2, 0) is 17.9 Å². The lowest BCUT2D eigenvalue weighted by Gasteiger charge is -2.55. The molecule has 0 atom stereocenters. The highest BCUT2D eigenvalue weighted by Crippen LogP contribution is 2.60.